The fraction of sp³-hybridized carbons (Fsp3) is 0.222. The third-order valence-electron chi connectivity index (χ3n) is 4.15. The lowest BCUT2D eigenvalue weighted by molar-refractivity contribution is 0.100. The molecule has 3 rings (SSSR count). The summed E-state index contributed by atoms with van der Waals surface area (Å²) in [6, 6.07) is 7.71. The number of carbonyl (C=O) groups excluding carboxylic acids is 1. The van der Waals surface area contributed by atoms with Crippen LogP contribution in [0.3, 0.4) is 0 Å². The highest BCUT2D eigenvalue weighted by Gasteiger charge is 2.18. The van der Waals surface area contributed by atoms with Crippen LogP contribution in [0, 0.1) is 5.82 Å². The largest absolute Gasteiger partial charge is 0.365 e. The van der Waals surface area contributed by atoms with Crippen molar-refractivity contribution in [2.45, 2.75) is 25.9 Å². The summed E-state index contributed by atoms with van der Waals surface area (Å²) in [5.74, 6) is -1.40. The number of amides is 1. The predicted octanol–water partition coefficient (Wildman–Crippen LogP) is 1.79. The maximum atomic E-state index is 14.4. The lowest BCUT2D eigenvalue weighted by Crippen LogP contribution is -2.35. The van der Waals surface area contributed by atoms with Gasteiger partial charge < -0.3 is 22.1 Å². The lowest BCUT2D eigenvalue weighted by atomic mass is 10.1. The Morgan fingerprint density at radius 1 is 1.18 bits per heavy atom. The number of hydrogen-bond acceptors (Lipinski definition) is 7. The van der Waals surface area contributed by atoms with E-state index >= 15 is 0 Å². The number of primary amides is 1. The molecule has 2 atom stereocenters. The summed E-state index contributed by atoms with van der Waals surface area (Å²) >= 11 is 0. The van der Waals surface area contributed by atoms with Crippen molar-refractivity contribution in [2.75, 3.05) is 10.6 Å². The molecule has 0 spiro atoms. The summed E-state index contributed by atoms with van der Waals surface area (Å²) in [6.45, 7) is 3.60. The van der Waals surface area contributed by atoms with Gasteiger partial charge in [0.25, 0.3) is 5.91 Å². The Kier molecular flexibility index (Phi) is 5.50. The van der Waals surface area contributed by atoms with Gasteiger partial charge >= 0.3 is 0 Å². The van der Waals surface area contributed by atoms with Crippen LogP contribution in [0.4, 0.5) is 21.7 Å². The van der Waals surface area contributed by atoms with E-state index in [4.69, 9.17) is 11.5 Å². The van der Waals surface area contributed by atoms with Gasteiger partial charge in [-0.15, -0.1) is 0 Å². The summed E-state index contributed by atoms with van der Waals surface area (Å²) in [6.07, 6.45) is 3.12. The molecule has 1 aromatic carbocycles. The van der Waals surface area contributed by atoms with Crippen LogP contribution in [0.1, 0.15) is 24.2 Å². The average molecular weight is 384 g/mol. The van der Waals surface area contributed by atoms with E-state index in [0.717, 1.165) is 6.07 Å². The average Bonchev–Trinajstić information content (AvgIpc) is 3.19. The molecule has 6 N–H and O–H groups in total. The minimum Gasteiger partial charge on any atom is -0.365 e. The number of aromatic nitrogens is 4. The molecule has 0 aliphatic carbocycles. The first-order valence-corrected chi connectivity index (χ1v) is 8.61. The monoisotopic (exact) mass is 384 g/mol. The van der Waals surface area contributed by atoms with Crippen molar-refractivity contribution in [3.63, 3.8) is 0 Å². The van der Waals surface area contributed by atoms with Crippen LogP contribution in [0.2, 0.25) is 0 Å². The van der Waals surface area contributed by atoms with E-state index in [0.29, 0.717) is 11.4 Å². The second-order valence-corrected chi connectivity index (χ2v) is 6.37. The number of carbonyl (C=O) groups is 1. The van der Waals surface area contributed by atoms with Crippen LogP contribution < -0.4 is 22.1 Å². The number of hydrogen-bond donors (Lipinski definition) is 4. The van der Waals surface area contributed by atoms with Gasteiger partial charge in [0.05, 0.1) is 23.6 Å². The second kappa shape index (κ2) is 8.01. The number of nitrogens with one attached hydrogen (secondary N) is 2. The highest BCUT2D eigenvalue weighted by Crippen LogP contribution is 2.25. The minimum absolute atomic E-state index is 0.0257. The molecule has 0 bridgehead atoms. The van der Waals surface area contributed by atoms with Gasteiger partial charge in [-0.25, -0.2) is 9.37 Å². The van der Waals surface area contributed by atoms with E-state index in [1.807, 2.05) is 6.07 Å². The molecule has 3 aromatic rings. The van der Waals surface area contributed by atoms with Gasteiger partial charge in [0.1, 0.15) is 5.82 Å². The number of nitrogens with zero attached hydrogens (tertiary/aromatic N) is 4. The van der Waals surface area contributed by atoms with E-state index in [1.165, 1.54) is 4.80 Å². The van der Waals surface area contributed by atoms with Crippen molar-refractivity contribution >= 4 is 23.2 Å². The standard InChI is InChI=1S/C18H21FN8O/c1-10(20)11(2)24-18-15(19)9-14(16(21)28)17(26-18)25-12-4-3-5-13(8-12)27-22-6-7-23-27/h3-11H,20H2,1-2H3,(H2,21,28)(H2,24,25,26)/t10-,11+/m1/s1. The molecule has 9 nitrogen and oxygen atoms in total. The number of pyridine rings is 1. The SMILES string of the molecule is C[C@H](Nc1nc(Nc2cccc(-n3nccn3)c2)c(C(N)=O)cc1F)[C@@H](C)N. The Balaban J connectivity index is 1.96. The van der Waals surface area contributed by atoms with Gasteiger partial charge in [0.15, 0.2) is 11.6 Å². The fourth-order valence-corrected chi connectivity index (χ4v) is 2.41. The number of halogens is 1. The maximum Gasteiger partial charge on any atom is 0.252 e. The van der Waals surface area contributed by atoms with Crippen molar-refractivity contribution in [3.8, 4) is 5.69 Å². The van der Waals surface area contributed by atoms with E-state index in [1.54, 1.807) is 44.4 Å². The third kappa shape index (κ3) is 4.23. The van der Waals surface area contributed by atoms with Crippen LogP contribution >= 0.6 is 0 Å². The smallest absolute Gasteiger partial charge is 0.252 e. The molecule has 146 valence electrons. The Morgan fingerprint density at radius 2 is 1.89 bits per heavy atom. The van der Waals surface area contributed by atoms with Gasteiger partial charge in [-0.05, 0) is 38.1 Å². The van der Waals surface area contributed by atoms with Crippen LogP contribution in [0.15, 0.2) is 42.7 Å². The summed E-state index contributed by atoms with van der Waals surface area (Å²) in [5.41, 5.74) is 12.4. The molecular formula is C18H21FN8O. The summed E-state index contributed by atoms with van der Waals surface area (Å²) in [5, 5.41) is 14.1. The quantitative estimate of drug-likeness (QED) is 0.487. The molecule has 28 heavy (non-hydrogen) atoms. The Morgan fingerprint density at radius 3 is 2.54 bits per heavy atom. The fourth-order valence-electron chi connectivity index (χ4n) is 2.41. The molecule has 0 unspecified atom stereocenters. The molecule has 0 fully saturated rings. The van der Waals surface area contributed by atoms with Crippen LogP contribution in [-0.2, 0) is 0 Å². The van der Waals surface area contributed by atoms with Crippen LogP contribution in [0.5, 0.6) is 0 Å². The molecule has 0 saturated carbocycles. The van der Waals surface area contributed by atoms with Gasteiger partial charge in [-0.1, -0.05) is 6.07 Å². The number of benzene rings is 1. The summed E-state index contributed by atoms with van der Waals surface area (Å²) in [4.78, 5) is 17.4. The van der Waals surface area contributed by atoms with Crippen molar-refractivity contribution < 1.29 is 9.18 Å². The Hall–Kier alpha value is -3.53. The van der Waals surface area contributed by atoms with Crippen LogP contribution in [0.25, 0.3) is 5.69 Å². The Bertz CT molecular complexity index is 974. The summed E-state index contributed by atoms with van der Waals surface area (Å²) < 4.78 is 14.4. The van der Waals surface area contributed by atoms with Crippen molar-refractivity contribution in [1.29, 1.82) is 0 Å². The number of rotatable bonds is 7. The molecule has 10 heteroatoms. The van der Waals surface area contributed by atoms with E-state index in [9.17, 15) is 9.18 Å². The topological polar surface area (TPSA) is 137 Å². The zero-order valence-corrected chi connectivity index (χ0v) is 15.4. The maximum absolute atomic E-state index is 14.4. The lowest BCUT2D eigenvalue weighted by Gasteiger charge is -2.20. The van der Waals surface area contributed by atoms with Crippen molar-refractivity contribution in [1.82, 2.24) is 20.0 Å². The van der Waals surface area contributed by atoms with E-state index in [2.05, 4.69) is 25.8 Å². The first kappa shape index (κ1) is 19.2. The molecule has 0 aliphatic heterocycles. The molecule has 0 radical (unpaired) electrons. The molecule has 0 aliphatic rings. The normalized spacial score (nSPS) is 13.0. The third-order valence-corrected chi connectivity index (χ3v) is 4.15. The number of nitrogens with two attached hydrogens (primary N) is 2. The molecule has 0 saturated heterocycles. The first-order valence-electron chi connectivity index (χ1n) is 8.61. The minimum atomic E-state index is -0.800. The van der Waals surface area contributed by atoms with Gasteiger partial charge in [0, 0.05) is 17.8 Å². The van der Waals surface area contributed by atoms with Crippen molar-refractivity contribution in [3.05, 3.63) is 54.1 Å². The highest BCUT2D eigenvalue weighted by molar-refractivity contribution is 5.98. The van der Waals surface area contributed by atoms with E-state index < -0.39 is 11.7 Å². The molecule has 1 amide bonds. The molecule has 2 heterocycles. The predicted molar refractivity (Wildman–Crippen MR) is 104 cm³/mol. The highest BCUT2D eigenvalue weighted by atomic mass is 19.1. The molecule has 2 aromatic heterocycles. The zero-order valence-electron chi connectivity index (χ0n) is 15.4. The summed E-state index contributed by atoms with van der Waals surface area (Å²) in [7, 11) is 0. The Labute approximate surface area is 160 Å². The first-order chi connectivity index (χ1) is 13.3. The molecular weight excluding hydrogens is 363 g/mol. The van der Waals surface area contributed by atoms with E-state index in [-0.39, 0.29) is 29.3 Å². The van der Waals surface area contributed by atoms with Gasteiger partial charge in [0.2, 0.25) is 0 Å². The van der Waals surface area contributed by atoms with Crippen LogP contribution in [-0.4, -0.2) is 38.0 Å². The van der Waals surface area contributed by atoms with Gasteiger partial charge in [-0.3, -0.25) is 4.79 Å². The van der Waals surface area contributed by atoms with Gasteiger partial charge in [-0.2, -0.15) is 15.0 Å². The van der Waals surface area contributed by atoms with Crippen molar-refractivity contribution in [2.24, 2.45) is 11.5 Å². The number of anilines is 3. The zero-order chi connectivity index (χ0) is 20.3. The second-order valence-electron chi connectivity index (χ2n) is 6.37.